The minimum atomic E-state index is 0.475. The van der Waals surface area contributed by atoms with Crippen LogP contribution >= 0.6 is 0 Å². The van der Waals surface area contributed by atoms with Crippen LogP contribution < -0.4 is 10.2 Å². The van der Waals surface area contributed by atoms with E-state index in [1.807, 2.05) is 31.3 Å². The molecule has 1 rings (SSSR count). The third-order valence-electron chi connectivity index (χ3n) is 2.44. The Hall–Kier alpha value is -1.25. The van der Waals surface area contributed by atoms with Crippen LogP contribution in [-0.2, 0) is 0 Å². The van der Waals surface area contributed by atoms with Gasteiger partial charge < -0.3 is 10.2 Å². The summed E-state index contributed by atoms with van der Waals surface area (Å²) in [5, 5.41) is 3.52. The molecule has 1 aromatic rings. The first-order chi connectivity index (χ1) is 7.50. The van der Waals surface area contributed by atoms with Gasteiger partial charge in [-0.05, 0) is 31.4 Å². The fraction of sp³-hybridized carbons (Fsp3) is 0.615. The second-order valence-electron chi connectivity index (χ2n) is 4.94. The predicted octanol–water partition coefficient (Wildman–Crippen LogP) is 2.99. The van der Waals surface area contributed by atoms with E-state index < -0.39 is 0 Å². The van der Waals surface area contributed by atoms with E-state index in [0.717, 1.165) is 11.5 Å². The van der Waals surface area contributed by atoms with Crippen LogP contribution in [0.4, 0.5) is 11.5 Å². The molecule has 0 saturated carbocycles. The highest BCUT2D eigenvalue weighted by Crippen LogP contribution is 2.22. The van der Waals surface area contributed by atoms with Crippen molar-refractivity contribution < 1.29 is 0 Å². The first-order valence-electron chi connectivity index (χ1n) is 5.89. The number of hydrogen-bond acceptors (Lipinski definition) is 3. The molecule has 0 aliphatic rings. The molecule has 0 aliphatic carbocycles. The average molecular weight is 221 g/mol. The fourth-order valence-corrected chi connectivity index (χ4v) is 1.90. The standard InChI is InChI=1S/C13H23N3/c1-10(2)9-11(3)15-12-7-6-8-14-13(12)16(4)5/h6-8,10-11,15H,9H2,1-5H3. The Morgan fingerprint density at radius 1 is 1.31 bits per heavy atom. The number of hydrogen-bond donors (Lipinski definition) is 1. The lowest BCUT2D eigenvalue weighted by Gasteiger charge is -2.21. The van der Waals surface area contributed by atoms with Gasteiger partial charge in [0.2, 0.25) is 0 Å². The van der Waals surface area contributed by atoms with E-state index in [2.05, 4.69) is 37.1 Å². The maximum absolute atomic E-state index is 4.37. The maximum atomic E-state index is 4.37. The molecule has 1 unspecified atom stereocenters. The van der Waals surface area contributed by atoms with Crippen molar-refractivity contribution in [3.63, 3.8) is 0 Å². The van der Waals surface area contributed by atoms with Crippen LogP contribution in [0.25, 0.3) is 0 Å². The number of aromatic nitrogens is 1. The van der Waals surface area contributed by atoms with Crippen LogP contribution in [-0.4, -0.2) is 25.1 Å². The number of nitrogens with one attached hydrogen (secondary N) is 1. The van der Waals surface area contributed by atoms with Crippen molar-refractivity contribution in [2.24, 2.45) is 5.92 Å². The third kappa shape index (κ3) is 3.72. The monoisotopic (exact) mass is 221 g/mol. The van der Waals surface area contributed by atoms with Gasteiger partial charge in [-0.1, -0.05) is 13.8 Å². The zero-order valence-corrected chi connectivity index (χ0v) is 11.0. The Morgan fingerprint density at radius 2 is 2.00 bits per heavy atom. The molecule has 3 nitrogen and oxygen atoms in total. The van der Waals surface area contributed by atoms with Gasteiger partial charge in [-0.2, -0.15) is 0 Å². The van der Waals surface area contributed by atoms with Crippen LogP contribution in [0.2, 0.25) is 0 Å². The molecule has 16 heavy (non-hydrogen) atoms. The molecule has 1 atom stereocenters. The van der Waals surface area contributed by atoms with Gasteiger partial charge in [0.15, 0.2) is 5.82 Å². The van der Waals surface area contributed by atoms with Gasteiger partial charge in [0.25, 0.3) is 0 Å². The topological polar surface area (TPSA) is 28.2 Å². The smallest absolute Gasteiger partial charge is 0.151 e. The first-order valence-corrected chi connectivity index (χ1v) is 5.89. The Balaban J connectivity index is 2.72. The Kier molecular flexibility index (Phi) is 4.59. The van der Waals surface area contributed by atoms with Crippen molar-refractivity contribution in [3.8, 4) is 0 Å². The highest BCUT2D eigenvalue weighted by molar-refractivity contribution is 5.64. The predicted molar refractivity (Wildman–Crippen MR) is 71.1 cm³/mol. The summed E-state index contributed by atoms with van der Waals surface area (Å²) in [6, 6.07) is 4.53. The molecule has 0 fully saturated rings. The zero-order chi connectivity index (χ0) is 12.1. The lowest BCUT2D eigenvalue weighted by molar-refractivity contribution is 0.539. The second-order valence-corrected chi connectivity index (χ2v) is 4.94. The van der Waals surface area contributed by atoms with Gasteiger partial charge in [-0.3, -0.25) is 0 Å². The maximum Gasteiger partial charge on any atom is 0.151 e. The molecule has 90 valence electrons. The number of rotatable bonds is 5. The molecule has 1 N–H and O–H groups in total. The van der Waals surface area contributed by atoms with Crippen LogP contribution in [0.1, 0.15) is 27.2 Å². The summed E-state index contributed by atoms with van der Waals surface area (Å²) in [5.74, 6) is 1.71. The molecule has 3 heteroatoms. The first kappa shape index (κ1) is 12.8. The molecule has 0 aliphatic heterocycles. The SMILES string of the molecule is CC(C)CC(C)Nc1cccnc1N(C)C. The number of nitrogens with zero attached hydrogens (tertiary/aromatic N) is 2. The summed E-state index contributed by atoms with van der Waals surface area (Å²) < 4.78 is 0. The van der Waals surface area contributed by atoms with E-state index in [4.69, 9.17) is 0 Å². The van der Waals surface area contributed by atoms with Gasteiger partial charge >= 0.3 is 0 Å². The van der Waals surface area contributed by atoms with Gasteiger partial charge in [-0.15, -0.1) is 0 Å². The van der Waals surface area contributed by atoms with E-state index in [1.54, 1.807) is 0 Å². The van der Waals surface area contributed by atoms with Gasteiger partial charge in [0.05, 0.1) is 5.69 Å². The summed E-state index contributed by atoms with van der Waals surface area (Å²) in [7, 11) is 4.03. The highest BCUT2D eigenvalue weighted by Gasteiger charge is 2.09. The van der Waals surface area contributed by atoms with Gasteiger partial charge in [0.1, 0.15) is 0 Å². The van der Waals surface area contributed by atoms with Gasteiger partial charge in [-0.25, -0.2) is 4.98 Å². The molecular weight excluding hydrogens is 198 g/mol. The van der Waals surface area contributed by atoms with Crippen LogP contribution in [0.15, 0.2) is 18.3 Å². The molecule has 0 saturated heterocycles. The van der Waals surface area contributed by atoms with E-state index in [9.17, 15) is 0 Å². The van der Waals surface area contributed by atoms with Crippen molar-refractivity contribution >= 4 is 11.5 Å². The summed E-state index contributed by atoms with van der Waals surface area (Å²) in [6.07, 6.45) is 3.00. The van der Waals surface area contributed by atoms with Crippen molar-refractivity contribution in [3.05, 3.63) is 18.3 Å². The van der Waals surface area contributed by atoms with Crippen LogP contribution in [0, 0.1) is 5.92 Å². The average Bonchev–Trinajstić information content (AvgIpc) is 2.16. The fourth-order valence-electron chi connectivity index (χ4n) is 1.90. The summed E-state index contributed by atoms with van der Waals surface area (Å²) in [4.78, 5) is 6.41. The molecular formula is C13H23N3. The van der Waals surface area contributed by atoms with E-state index >= 15 is 0 Å². The molecule has 0 aromatic carbocycles. The van der Waals surface area contributed by atoms with Crippen LogP contribution in [0.5, 0.6) is 0 Å². The molecule has 0 radical (unpaired) electrons. The lowest BCUT2D eigenvalue weighted by Crippen LogP contribution is -2.20. The zero-order valence-electron chi connectivity index (χ0n) is 11.0. The normalized spacial score (nSPS) is 12.6. The summed E-state index contributed by atoms with van der Waals surface area (Å²) >= 11 is 0. The van der Waals surface area contributed by atoms with Crippen molar-refractivity contribution in [1.82, 2.24) is 4.98 Å². The van der Waals surface area contributed by atoms with Crippen LogP contribution in [0.3, 0.4) is 0 Å². The number of anilines is 2. The van der Waals surface area contributed by atoms with Crippen molar-refractivity contribution in [2.45, 2.75) is 33.2 Å². The molecule has 0 spiro atoms. The summed E-state index contributed by atoms with van der Waals surface area (Å²) in [6.45, 7) is 6.70. The highest BCUT2D eigenvalue weighted by atomic mass is 15.2. The van der Waals surface area contributed by atoms with Crippen molar-refractivity contribution in [2.75, 3.05) is 24.3 Å². The van der Waals surface area contributed by atoms with E-state index in [0.29, 0.717) is 12.0 Å². The molecule has 0 amide bonds. The van der Waals surface area contributed by atoms with Gasteiger partial charge in [0, 0.05) is 26.3 Å². The Labute approximate surface area is 98.9 Å². The molecule has 1 heterocycles. The summed E-state index contributed by atoms with van der Waals surface area (Å²) in [5.41, 5.74) is 1.11. The van der Waals surface area contributed by atoms with E-state index in [-0.39, 0.29) is 0 Å². The van der Waals surface area contributed by atoms with Crippen molar-refractivity contribution in [1.29, 1.82) is 0 Å². The number of pyridine rings is 1. The third-order valence-corrected chi connectivity index (χ3v) is 2.44. The Bertz CT molecular complexity index is 321. The molecule has 0 bridgehead atoms. The molecule has 1 aromatic heterocycles. The lowest BCUT2D eigenvalue weighted by atomic mass is 10.1. The Morgan fingerprint density at radius 3 is 2.56 bits per heavy atom. The minimum absolute atomic E-state index is 0.475. The quantitative estimate of drug-likeness (QED) is 0.828. The largest absolute Gasteiger partial charge is 0.380 e. The van der Waals surface area contributed by atoms with E-state index in [1.165, 1.54) is 6.42 Å². The minimum Gasteiger partial charge on any atom is -0.380 e. The second kappa shape index (κ2) is 5.73.